The Hall–Kier alpha value is -1.52. The molecule has 1 aliphatic rings. The van der Waals surface area contributed by atoms with Crippen molar-refractivity contribution in [1.29, 1.82) is 0 Å². The molecule has 5 heteroatoms. The van der Waals surface area contributed by atoms with E-state index in [0.717, 1.165) is 15.7 Å². The normalized spacial score (nSPS) is 21.5. The summed E-state index contributed by atoms with van der Waals surface area (Å²) in [6.07, 6.45) is 0. The van der Waals surface area contributed by atoms with Gasteiger partial charge in [0.05, 0.1) is 12.1 Å². The van der Waals surface area contributed by atoms with Gasteiger partial charge in [-0.2, -0.15) is 0 Å². The van der Waals surface area contributed by atoms with Crippen molar-refractivity contribution >= 4 is 39.2 Å². The van der Waals surface area contributed by atoms with Gasteiger partial charge in [-0.25, -0.2) is 0 Å². The van der Waals surface area contributed by atoms with Crippen molar-refractivity contribution in [3.05, 3.63) is 63.6 Å². The van der Waals surface area contributed by atoms with Crippen LogP contribution in [-0.4, -0.2) is 12.5 Å². The number of benzene rings is 2. The van der Waals surface area contributed by atoms with Gasteiger partial charge in [0.15, 0.2) is 5.96 Å². The van der Waals surface area contributed by atoms with Gasteiger partial charge >= 0.3 is 0 Å². The van der Waals surface area contributed by atoms with Gasteiger partial charge in [0, 0.05) is 15.2 Å². The standard InChI is InChI=1S/C16H15BrClN3/c1-16(13-8-7-11(17)9-14(13)18)10-20-15(19)21(16)12-5-3-2-4-6-12/h2-9H,10H2,1H3,(H2,19,20). The highest BCUT2D eigenvalue weighted by atomic mass is 79.9. The van der Waals surface area contributed by atoms with Crippen molar-refractivity contribution in [2.24, 2.45) is 10.7 Å². The van der Waals surface area contributed by atoms with Crippen LogP contribution in [0.2, 0.25) is 5.02 Å². The van der Waals surface area contributed by atoms with Crippen LogP contribution in [0, 0.1) is 0 Å². The highest BCUT2D eigenvalue weighted by molar-refractivity contribution is 9.10. The summed E-state index contributed by atoms with van der Waals surface area (Å²) in [4.78, 5) is 6.48. The fraction of sp³-hybridized carbons (Fsp3) is 0.188. The Labute approximate surface area is 137 Å². The molecule has 0 bridgehead atoms. The summed E-state index contributed by atoms with van der Waals surface area (Å²) in [5, 5.41) is 0.706. The Kier molecular flexibility index (Phi) is 3.68. The molecule has 1 atom stereocenters. The molecule has 0 spiro atoms. The number of para-hydroxylation sites is 1. The summed E-state index contributed by atoms with van der Waals surface area (Å²) in [7, 11) is 0. The summed E-state index contributed by atoms with van der Waals surface area (Å²) in [6.45, 7) is 2.69. The van der Waals surface area contributed by atoms with E-state index in [-0.39, 0.29) is 5.54 Å². The third-order valence-corrected chi connectivity index (χ3v) is 4.60. The number of aliphatic imine (C=N–C) groups is 1. The lowest BCUT2D eigenvalue weighted by atomic mass is 9.90. The molecular formula is C16H15BrClN3. The molecule has 21 heavy (non-hydrogen) atoms. The van der Waals surface area contributed by atoms with Crippen molar-refractivity contribution in [1.82, 2.24) is 0 Å². The van der Waals surface area contributed by atoms with E-state index in [1.165, 1.54) is 0 Å². The van der Waals surface area contributed by atoms with E-state index in [2.05, 4.69) is 27.8 Å². The van der Waals surface area contributed by atoms with Crippen LogP contribution in [0.4, 0.5) is 5.69 Å². The van der Waals surface area contributed by atoms with E-state index < -0.39 is 0 Å². The van der Waals surface area contributed by atoms with Crippen LogP contribution in [0.15, 0.2) is 58.0 Å². The molecule has 3 nitrogen and oxygen atoms in total. The fourth-order valence-corrected chi connectivity index (χ4v) is 3.63. The molecule has 1 aliphatic heterocycles. The smallest absolute Gasteiger partial charge is 0.196 e. The number of nitrogens with two attached hydrogens (primary N) is 1. The average molecular weight is 365 g/mol. The van der Waals surface area contributed by atoms with Crippen molar-refractivity contribution in [2.45, 2.75) is 12.5 Å². The summed E-state index contributed by atoms with van der Waals surface area (Å²) in [5.74, 6) is 0.516. The van der Waals surface area contributed by atoms with Crippen LogP contribution < -0.4 is 10.6 Å². The largest absolute Gasteiger partial charge is 0.369 e. The number of hydrogen-bond donors (Lipinski definition) is 1. The monoisotopic (exact) mass is 363 g/mol. The topological polar surface area (TPSA) is 41.6 Å². The van der Waals surface area contributed by atoms with Crippen LogP contribution in [0.1, 0.15) is 12.5 Å². The van der Waals surface area contributed by atoms with Crippen LogP contribution in [0.5, 0.6) is 0 Å². The molecule has 0 aliphatic carbocycles. The zero-order valence-electron chi connectivity index (χ0n) is 11.6. The maximum Gasteiger partial charge on any atom is 0.196 e. The molecule has 1 heterocycles. The lowest BCUT2D eigenvalue weighted by Crippen LogP contribution is -2.47. The number of anilines is 1. The summed E-state index contributed by atoms with van der Waals surface area (Å²) in [6, 6.07) is 15.9. The minimum absolute atomic E-state index is 0.386. The van der Waals surface area contributed by atoms with Crippen molar-refractivity contribution in [3.63, 3.8) is 0 Å². The molecule has 0 amide bonds. The molecule has 108 valence electrons. The Bertz CT molecular complexity index is 702. The number of guanidine groups is 1. The van der Waals surface area contributed by atoms with Crippen LogP contribution in [-0.2, 0) is 5.54 Å². The van der Waals surface area contributed by atoms with Crippen LogP contribution >= 0.6 is 27.5 Å². The third kappa shape index (κ3) is 2.43. The Morgan fingerprint density at radius 2 is 1.95 bits per heavy atom. The lowest BCUT2D eigenvalue weighted by molar-refractivity contribution is 0.533. The second-order valence-electron chi connectivity index (χ2n) is 5.24. The number of halogens is 2. The molecular weight excluding hydrogens is 350 g/mol. The number of nitrogens with zero attached hydrogens (tertiary/aromatic N) is 2. The Morgan fingerprint density at radius 3 is 2.62 bits per heavy atom. The summed E-state index contributed by atoms with van der Waals surface area (Å²) in [5.41, 5.74) is 7.77. The van der Waals surface area contributed by atoms with Gasteiger partial charge < -0.3 is 10.6 Å². The Morgan fingerprint density at radius 1 is 1.24 bits per heavy atom. The van der Waals surface area contributed by atoms with E-state index in [1.807, 2.05) is 53.4 Å². The van der Waals surface area contributed by atoms with E-state index in [0.29, 0.717) is 17.5 Å². The second-order valence-corrected chi connectivity index (χ2v) is 6.57. The first-order valence-electron chi connectivity index (χ1n) is 6.63. The van der Waals surface area contributed by atoms with Gasteiger partial charge in [0.25, 0.3) is 0 Å². The second kappa shape index (κ2) is 5.35. The molecule has 0 aromatic heterocycles. The molecule has 0 saturated carbocycles. The first-order chi connectivity index (χ1) is 10.0. The molecule has 0 saturated heterocycles. The van der Waals surface area contributed by atoms with Gasteiger partial charge in [-0.05, 0) is 36.8 Å². The quantitative estimate of drug-likeness (QED) is 0.869. The first kappa shape index (κ1) is 14.4. The maximum absolute atomic E-state index is 6.45. The van der Waals surface area contributed by atoms with Gasteiger partial charge in [0.1, 0.15) is 0 Å². The van der Waals surface area contributed by atoms with Gasteiger partial charge in [-0.3, -0.25) is 4.99 Å². The van der Waals surface area contributed by atoms with E-state index in [9.17, 15) is 0 Å². The fourth-order valence-electron chi connectivity index (χ4n) is 2.76. The highest BCUT2D eigenvalue weighted by Crippen LogP contribution is 2.40. The minimum Gasteiger partial charge on any atom is -0.369 e. The summed E-state index contributed by atoms with van der Waals surface area (Å²) >= 11 is 9.89. The van der Waals surface area contributed by atoms with Crippen LogP contribution in [0.25, 0.3) is 0 Å². The SMILES string of the molecule is CC1(c2ccc(Br)cc2Cl)CN=C(N)N1c1ccccc1. The third-order valence-electron chi connectivity index (χ3n) is 3.80. The van der Waals surface area contributed by atoms with Crippen LogP contribution in [0.3, 0.4) is 0 Å². The maximum atomic E-state index is 6.45. The van der Waals surface area contributed by atoms with Gasteiger partial charge in [0.2, 0.25) is 0 Å². The number of rotatable bonds is 2. The average Bonchev–Trinajstić information content (AvgIpc) is 2.76. The molecule has 3 rings (SSSR count). The van der Waals surface area contributed by atoms with E-state index in [1.54, 1.807) is 0 Å². The molecule has 2 N–H and O–H groups in total. The molecule has 1 unspecified atom stereocenters. The first-order valence-corrected chi connectivity index (χ1v) is 7.80. The highest BCUT2D eigenvalue weighted by Gasteiger charge is 2.41. The predicted octanol–water partition coefficient (Wildman–Crippen LogP) is 4.15. The van der Waals surface area contributed by atoms with Crippen molar-refractivity contribution < 1.29 is 0 Å². The molecule has 2 aromatic carbocycles. The van der Waals surface area contributed by atoms with Gasteiger partial charge in [-0.1, -0.05) is 51.8 Å². The predicted molar refractivity (Wildman–Crippen MR) is 91.9 cm³/mol. The molecule has 0 radical (unpaired) electrons. The number of hydrogen-bond acceptors (Lipinski definition) is 3. The minimum atomic E-state index is -0.386. The molecule has 0 fully saturated rings. The van der Waals surface area contributed by atoms with Gasteiger partial charge in [-0.15, -0.1) is 0 Å². The summed E-state index contributed by atoms with van der Waals surface area (Å²) < 4.78 is 0.956. The zero-order valence-corrected chi connectivity index (χ0v) is 13.9. The van der Waals surface area contributed by atoms with Crippen molar-refractivity contribution in [3.8, 4) is 0 Å². The molecule has 2 aromatic rings. The van der Waals surface area contributed by atoms with E-state index in [4.69, 9.17) is 17.3 Å². The lowest BCUT2D eigenvalue weighted by Gasteiger charge is -2.37. The zero-order chi connectivity index (χ0) is 15.0. The van der Waals surface area contributed by atoms with Crippen molar-refractivity contribution in [2.75, 3.05) is 11.4 Å². The van der Waals surface area contributed by atoms with E-state index >= 15 is 0 Å². The Balaban J connectivity index is 2.11.